The normalized spacial score (nSPS) is 13.3. The van der Waals surface area contributed by atoms with Crippen molar-refractivity contribution in [2.75, 3.05) is 0 Å². The van der Waals surface area contributed by atoms with Gasteiger partial charge in [-0.15, -0.1) is 0 Å². The standard InChI is InChI=1S/C12H15FN2/c1-3-15-7-11(8(2)14)10-6-9(13)4-5-12(10)15/h4-8H,3,14H2,1-2H3. The van der Waals surface area contributed by atoms with E-state index in [1.807, 2.05) is 13.1 Å². The van der Waals surface area contributed by atoms with Crippen LogP contribution in [-0.4, -0.2) is 4.57 Å². The molecule has 0 bridgehead atoms. The summed E-state index contributed by atoms with van der Waals surface area (Å²) in [7, 11) is 0. The van der Waals surface area contributed by atoms with Crippen LogP contribution >= 0.6 is 0 Å². The van der Waals surface area contributed by atoms with Gasteiger partial charge < -0.3 is 10.3 Å². The predicted octanol–water partition coefficient (Wildman–Crippen LogP) is 2.82. The number of aryl methyl sites for hydroxylation is 1. The van der Waals surface area contributed by atoms with Gasteiger partial charge in [-0.25, -0.2) is 4.39 Å². The minimum atomic E-state index is -0.210. The molecule has 0 saturated heterocycles. The molecule has 1 atom stereocenters. The molecule has 2 N–H and O–H groups in total. The Kier molecular flexibility index (Phi) is 2.49. The van der Waals surface area contributed by atoms with Gasteiger partial charge in [0.2, 0.25) is 0 Å². The van der Waals surface area contributed by atoms with E-state index in [0.29, 0.717) is 0 Å². The maximum atomic E-state index is 13.1. The van der Waals surface area contributed by atoms with Crippen molar-refractivity contribution >= 4 is 10.9 Å². The summed E-state index contributed by atoms with van der Waals surface area (Å²) in [5.41, 5.74) is 7.92. The van der Waals surface area contributed by atoms with Gasteiger partial charge in [-0.2, -0.15) is 0 Å². The first-order valence-electron chi connectivity index (χ1n) is 5.17. The zero-order valence-electron chi connectivity index (χ0n) is 9.00. The fraction of sp³-hybridized carbons (Fsp3) is 0.333. The zero-order valence-corrected chi connectivity index (χ0v) is 9.00. The minimum Gasteiger partial charge on any atom is -0.347 e. The van der Waals surface area contributed by atoms with E-state index < -0.39 is 0 Å². The van der Waals surface area contributed by atoms with Crippen LogP contribution in [0, 0.1) is 5.82 Å². The number of nitrogens with zero attached hydrogens (tertiary/aromatic N) is 1. The van der Waals surface area contributed by atoms with Crippen molar-refractivity contribution in [3.63, 3.8) is 0 Å². The van der Waals surface area contributed by atoms with Gasteiger partial charge >= 0.3 is 0 Å². The van der Waals surface area contributed by atoms with Crippen molar-refractivity contribution in [2.24, 2.45) is 5.73 Å². The summed E-state index contributed by atoms with van der Waals surface area (Å²) in [5.74, 6) is -0.210. The van der Waals surface area contributed by atoms with Gasteiger partial charge in [0.15, 0.2) is 0 Å². The van der Waals surface area contributed by atoms with Crippen molar-refractivity contribution in [2.45, 2.75) is 26.4 Å². The molecule has 3 heteroatoms. The van der Waals surface area contributed by atoms with Crippen LogP contribution in [0.3, 0.4) is 0 Å². The molecule has 2 rings (SSSR count). The molecule has 0 saturated carbocycles. The molecule has 15 heavy (non-hydrogen) atoms. The fourth-order valence-electron chi connectivity index (χ4n) is 1.92. The molecular formula is C12H15FN2. The lowest BCUT2D eigenvalue weighted by Crippen LogP contribution is -2.04. The van der Waals surface area contributed by atoms with E-state index in [4.69, 9.17) is 5.73 Å². The van der Waals surface area contributed by atoms with Gasteiger partial charge in [0, 0.05) is 29.7 Å². The number of rotatable bonds is 2. The largest absolute Gasteiger partial charge is 0.347 e. The predicted molar refractivity (Wildman–Crippen MR) is 60.2 cm³/mol. The van der Waals surface area contributed by atoms with Crippen LogP contribution in [0.2, 0.25) is 0 Å². The van der Waals surface area contributed by atoms with Crippen LogP contribution in [0.1, 0.15) is 25.5 Å². The number of halogens is 1. The minimum absolute atomic E-state index is 0.0675. The van der Waals surface area contributed by atoms with Crippen LogP contribution in [0.5, 0.6) is 0 Å². The molecule has 80 valence electrons. The molecule has 0 amide bonds. The van der Waals surface area contributed by atoms with Crippen molar-refractivity contribution in [1.82, 2.24) is 4.57 Å². The molecule has 1 aromatic heterocycles. The first-order chi connectivity index (χ1) is 7.13. The Bertz CT molecular complexity index is 486. The fourth-order valence-corrected chi connectivity index (χ4v) is 1.92. The Morgan fingerprint density at radius 1 is 1.47 bits per heavy atom. The lowest BCUT2D eigenvalue weighted by molar-refractivity contribution is 0.629. The van der Waals surface area contributed by atoms with Gasteiger partial charge in [-0.3, -0.25) is 0 Å². The molecule has 1 heterocycles. The summed E-state index contributed by atoms with van der Waals surface area (Å²) in [4.78, 5) is 0. The first kappa shape index (κ1) is 10.2. The zero-order chi connectivity index (χ0) is 11.0. The molecule has 2 nitrogen and oxygen atoms in total. The molecule has 0 aliphatic heterocycles. The average molecular weight is 206 g/mol. The van der Waals surface area contributed by atoms with Crippen LogP contribution in [-0.2, 0) is 6.54 Å². The van der Waals surface area contributed by atoms with E-state index in [9.17, 15) is 4.39 Å². The third kappa shape index (κ3) is 1.63. The highest BCUT2D eigenvalue weighted by atomic mass is 19.1. The monoisotopic (exact) mass is 206 g/mol. The number of nitrogens with two attached hydrogens (primary N) is 1. The average Bonchev–Trinajstić information content (AvgIpc) is 2.55. The number of hydrogen-bond donors (Lipinski definition) is 1. The molecule has 2 aromatic rings. The number of fused-ring (bicyclic) bond motifs is 1. The Hall–Kier alpha value is -1.35. The van der Waals surface area contributed by atoms with E-state index >= 15 is 0 Å². The number of benzene rings is 1. The highest BCUT2D eigenvalue weighted by Crippen LogP contribution is 2.26. The van der Waals surface area contributed by atoms with E-state index in [2.05, 4.69) is 11.5 Å². The van der Waals surface area contributed by atoms with E-state index in [1.165, 1.54) is 6.07 Å². The molecule has 0 aliphatic rings. The highest BCUT2D eigenvalue weighted by molar-refractivity contribution is 5.84. The van der Waals surface area contributed by atoms with Crippen LogP contribution < -0.4 is 5.73 Å². The van der Waals surface area contributed by atoms with E-state index in [0.717, 1.165) is 23.0 Å². The SMILES string of the molecule is CCn1cc(C(C)N)c2cc(F)ccc21. The summed E-state index contributed by atoms with van der Waals surface area (Å²) < 4.78 is 15.2. The van der Waals surface area contributed by atoms with E-state index in [1.54, 1.807) is 12.1 Å². The number of aromatic nitrogens is 1. The molecule has 1 unspecified atom stereocenters. The summed E-state index contributed by atoms with van der Waals surface area (Å²) in [6.07, 6.45) is 2.01. The topological polar surface area (TPSA) is 30.9 Å². The highest BCUT2D eigenvalue weighted by Gasteiger charge is 2.11. The van der Waals surface area contributed by atoms with Crippen molar-refractivity contribution < 1.29 is 4.39 Å². The third-order valence-corrected chi connectivity index (χ3v) is 2.71. The Morgan fingerprint density at radius 3 is 2.80 bits per heavy atom. The maximum Gasteiger partial charge on any atom is 0.123 e. The number of hydrogen-bond acceptors (Lipinski definition) is 1. The molecule has 0 fully saturated rings. The van der Waals surface area contributed by atoms with Gasteiger partial charge in [0.25, 0.3) is 0 Å². The lowest BCUT2D eigenvalue weighted by atomic mass is 10.1. The van der Waals surface area contributed by atoms with Gasteiger partial charge in [0.1, 0.15) is 5.82 Å². The van der Waals surface area contributed by atoms with Gasteiger partial charge in [-0.1, -0.05) is 0 Å². The Labute approximate surface area is 88.5 Å². The van der Waals surface area contributed by atoms with Gasteiger partial charge in [-0.05, 0) is 37.6 Å². The first-order valence-corrected chi connectivity index (χ1v) is 5.17. The summed E-state index contributed by atoms with van der Waals surface area (Å²) in [6.45, 7) is 4.85. The van der Waals surface area contributed by atoms with Crippen LogP contribution in [0.4, 0.5) is 4.39 Å². The van der Waals surface area contributed by atoms with E-state index in [-0.39, 0.29) is 11.9 Å². The quantitative estimate of drug-likeness (QED) is 0.804. The molecule has 0 spiro atoms. The molecular weight excluding hydrogens is 191 g/mol. The van der Waals surface area contributed by atoms with Gasteiger partial charge in [0.05, 0.1) is 0 Å². The van der Waals surface area contributed by atoms with Crippen molar-refractivity contribution in [3.8, 4) is 0 Å². The summed E-state index contributed by atoms with van der Waals surface area (Å²) in [6, 6.07) is 4.78. The third-order valence-electron chi connectivity index (χ3n) is 2.71. The molecule has 0 radical (unpaired) electrons. The lowest BCUT2D eigenvalue weighted by Gasteiger charge is -2.01. The van der Waals surface area contributed by atoms with Crippen molar-refractivity contribution in [3.05, 3.63) is 35.8 Å². The molecule has 1 aromatic carbocycles. The van der Waals surface area contributed by atoms with Crippen LogP contribution in [0.15, 0.2) is 24.4 Å². The Balaban J connectivity index is 2.76. The second kappa shape index (κ2) is 3.66. The second-order valence-electron chi connectivity index (χ2n) is 3.82. The molecule has 0 aliphatic carbocycles. The van der Waals surface area contributed by atoms with Crippen molar-refractivity contribution in [1.29, 1.82) is 0 Å². The maximum absolute atomic E-state index is 13.1. The van der Waals surface area contributed by atoms with Crippen LogP contribution in [0.25, 0.3) is 10.9 Å². The summed E-state index contributed by atoms with van der Waals surface area (Å²) in [5, 5.41) is 0.923. The second-order valence-corrected chi connectivity index (χ2v) is 3.82. The Morgan fingerprint density at radius 2 is 2.20 bits per heavy atom. The smallest absolute Gasteiger partial charge is 0.123 e. The summed E-state index contributed by atoms with van der Waals surface area (Å²) >= 11 is 0.